The van der Waals surface area contributed by atoms with Crippen molar-refractivity contribution in [3.63, 3.8) is 0 Å². The molecule has 0 spiro atoms. The third-order valence-electron chi connectivity index (χ3n) is 3.11. The standard InChI is InChI=1S/C12H20N6/c1-4-11(13-3)10-6-15-17(7-10)8-12-14-9-16-18(12)5-2/h6-7,9,11,13H,4-5,8H2,1-3H3. The average molecular weight is 248 g/mol. The van der Waals surface area contributed by atoms with Gasteiger partial charge in [-0.25, -0.2) is 9.67 Å². The minimum atomic E-state index is 0.364. The van der Waals surface area contributed by atoms with Gasteiger partial charge in [0.2, 0.25) is 0 Å². The van der Waals surface area contributed by atoms with Crippen LogP contribution in [-0.4, -0.2) is 31.6 Å². The Hall–Kier alpha value is -1.69. The quantitative estimate of drug-likeness (QED) is 0.835. The van der Waals surface area contributed by atoms with E-state index in [4.69, 9.17) is 0 Å². The highest BCUT2D eigenvalue weighted by Gasteiger charge is 2.10. The first kappa shape index (κ1) is 12.8. The van der Waals surface area contributed by atoms with Crippen LogP contribution in [0.4, 0.5) is 0 Å². The summed E-state index contributed by atoms with van der Waals surface area (Å²) in [6.07, 6.45) is 6.62. The van der Waals surface area contributed by atoms with Gasteiger partial charge in [0.25, 0.3) is 0 Å². The molecule has 0 aromatic carbocycles. The summed E-state index contributed by atoms with van der Waals surface area (Å²) in [6.45, 7) is 5.71. The first-order chi connectivity index (χ1) is 8.78. The molecule has 1 atom stereocenters. The van der Waals surface area contributed by atoms with Crippen molar-refractivity contribution in [1.82, 2.24) is 29.9 Å². The first-order valence-corrected chi connectivity index (χ1v) is 6.34. The van der Waals surface area contributed by atoms with Crippen LogP contribution in [0.5, 0.6) is 0 Å². The van der Waals surface area contributed by atoms with Crippen LogP contribution in [0.15, 0.2) is 18.7 Å². The molecule has 2 rings (SSSR count). The Morgan fingerprint density at radius 2 is 2.17 bits per heavy atom. The molecule has 98 valence electrons. The summed E-state index contributed by atoms with van der Waals surface area (Å²) in [6, 6.07) is 0.364. The highest BCUT2D eigenvalue weighted by atomic mass is 15.4. The maximum atomic E-state index is 4.38. The van der Waals surface area contributed by atoms with E-state index in [0.29, 0.717) is 12.6 Å². The minimum Gasteiger partial charge on any atom is -0.313 e. The Kier molecular flexibility index (Phi) is 4.09. The van der Waals surface area contributed by atoms with E-state index >= 15 is 0 Å². The van der Waals surface area contributed by atoms with Crippen LogP contribution in [0.2, 0.25) is 0 Å². The summed E-state index contributed by atoms with van der Waals surface area (Å²) in [5, 5.41) is 11.8. The van der Waals surface area contributed by atoms with Crippen molar-refractivity contribution >= 4 is 0 Å². The number of nitrogens with zero attached hydrogens (tertiary/aromatic N) is 5. The highest BCUT2D eigenvalue weighted by molar-refractivity contribution is 5.10. The molecule has 0 bridgehead atoms. The van der Waals surface area contributed by atoms with E-state index < -0.39 is 0 Å². The predicted molar refractivity (Wildman–Crippen MR) is 69.1 cm³/mol. The highest BCUT2D eigenvalue weighted by Crippen LogP contribution is 2.15. The molecular weight excluding hydrogens is 228 g/mol. The molecule has 0 aliphatic rings. The lowest BCUT2D eigenvalue weighted by atomic mass is 10.1. The number of nitrogens with one attached hydrogen (secondary N) is 1. The van der Waals surface area contributed by atoms with E-state index in [9.17, 15) is 0 Å². The zero-order chi connectivity index (χ0) is 13.0. The molecule has 1 unspecified atom stereocenters. The van der Waals surface area contributed by atoms with Crippen LogP contribution < -0.4 is 5.32 Å². The van der Waals surface area contributed by atoms with E-state index in [1.807, 2.05) is 22.6 Å². The number of hydrogen-bond donors (Lipinski definition) is 1. The molecule has 18 heavy (non-hydrogen) atoms. The number of rotatable bonds is 6. The monoisotopic (exact) mass is 248 g/mol. The largest absolute Gasteiger partial charge is 0.313 e. The minimum absolute atomic E-state index is 0.364. The summed E-state index contributed by atoms with van der Waals surface area (Å²) in [4.78, 5) is 4.25. The van der Waals surface area contributed by atoms with Gasteiger partial charge in [-0.05, 0) is 20.4 Å². The Balaban J connectivity index is 2.11. The number of aryl methyl sites for hydroxylation is 1. The van der Waals surface area contributed by atoms with E-state index in [1.165, 1.54) is 5.56 Å². The third kappa shape index (κ3) is 2.59. The van der Waals surface area contributed by atoms with Crippen LogP contribution in [0, 0.1) is 0 Å². The van der Waals surface area contributed by atoms with Gasteiger partial charge in [0, 0.05) is 24.3 Å². The Labute approximate surface area is 107 Å². The third-order valence-corrected chi connectivity index (χ3v) is 3.11. The Bertz CT molecular complexity index is 482. The molecule has 0 saturated carbocycles. The maximum absolute atomic E-state index is 4.38. The lowest BCUT2D eigenvalue weighted by Crippen LogP contribution is -2.14. The lowest BCUT2D eigenvalue weighted by molar-refractivity contribution is 0.561. The van der Waals surface area contributed by atoms with Crippen molar-refractivity contribution in [3.05, 3.63) is 30.1 Å². The van der Waals surface area contributed by atoms with Crippen LogP contribution in [0.3, 0.4) is 0 Å². The fraction of sp³-hybridized carbons (Fsp3) is 0.583. The fourth-order valence-corrected chi connectivity index (χ4v) is 2.07. The molecule has 0 amide bonds. The fourth-order valence-electron chi connectivity index (χ4n) is 2.07. The molecule has 2 heterocycles. The molecule has 0 radical (unpaired) electrons. The molecule has 0 saturated heterocycles. The van der Waals surface area contributed by atoms with Crippen molar-refractivity contribution in [2.75, 3.05) is 7.05 Å². The molecule has 1 N–H and O–H groups in total. The van der Waals surface area contributed by atoms with Crippen molar-refractivity contribution in [2.24, 2.45) is 0 Å². The maximum Gasteiger partial charge on any atom is 0.148 e. The molecule has 0 fully saturated rings. The second kappa shape index (κ2) is 5.77. The van der Waals surface area contributed by atoms with Gasteiger partial charge < -0.3 is 5.32 Å². The summed E-state index contributed by atoms with van der Waals surface area (Å²) >= 11 is 0. The SMILES string of the molecule is CCC(NC)c1cnn(Cc2ncnn2CC)c1. The zero-order valence-electron chi connectivity index (χ0n) is 11.2. The average Bonchev–Trinajstić information content (AvgIpc) is 3.01. The molecule has 6 heteroatoms. The predicted octanol–water partition coefficient (Wildman–Crippen LogP) is 1.21. The van der Waals surface area contributed by atoms with Crippen molar-refractivity contribution in [2.45, 2.75) is 39.4 Å². The lowest BCUT2D eigenvalue weighted by Gasteiger charge is -2.10. The normalized spacial score (nSPS) is 12.8. The Morgan fingerprint density at radius 3 is 2.83 bits per heavy atom. The van der Waals surface area contributed by atoms with E-state index in [-0.39, 0.29) is 0 Å². The van der Waals surface area contributed by atoms with Gasteiger partial charge in [-0.2, -0.15) is 10.2 Å². The van der Waals surface area contributed by atoms with Crippen LogP contribution in [0.1, 0.15) is 37.7 Å². The second-order valence-corrected chi connectivity index (χ2v) is 4.21. The van der Waals surface area contributed by atoms with Gasteiger partial charge in [-0.1, -0.05) is 6.92 Å². The van der Waals surface area contributed by atoms with Crippen molar-refractivity contribution in [1.29, 1.82) is 0 Å². The smallest absolute Gasteiger partial charge is 0.148 e. The van der Waals surface area contributed by atoms with Gasteiger partial charge in [0.1, 0.15) is 18.7 Å². The molecule has 2 aromatic heterocycles. The van der Waals surface area contributed by atoms with Crippen molar-refractivity contribution in [3.8, 4) is 0 Å². The summed E-state index contributed by atoms with van der Waals surface area (Å²) < 4.78 is 3.79. The summed E-state index contributed by atoms with van der Waals surface area (Å²) in [5.41, 5.74) is 1.21. The Morgan fingerprint density at radius 1 is 1.33 bits per heavy atom. The molecular formula is C12H20N6. The number of aromatic nitrogens is 5. The molecule has 2 aromatic rings. The zero-order valence-corrected chi connectivity index (χ0v) is 11.2. The van der Waals surface area contributed by atoms with Gasteiger partial charge >= 0.3 is 0 Å². The van der Waals surface area contributed by atoms with Gasteiger partial charge in [0.15, 0.2) is 0 Å². The molecule has 0 aliphatic heterocycles. The van der Waals surface area contributed by atoms with Crippen LogP contribution in [-0.2, 0) is 13.1 Å². The molecule has 6 nitrogen and oxygen atoms in total. The van der Waals surface area contributed by atoms with Crippen molar-refractivity contribution < 1.29 is 0 Å². The van der Waals surface area contributed by atoms with Gasteiger partial charge in [-0.15, -0.1) is 0 Å². The topological polar surface area (TPSA) is 60.6 Å². The summed E-state index contributed by atoms with van der Waals surface area (Å²) in [7, 11) is 1.97. The first-order valence-electron chi connectivity index (χ1n) is 6.34. The van der Waals surface area contributed by atoms with Gasteiger partial charge in [0.05, 0.1) is 6.20 Å². The second-order valence-electron chi connectivity index (χ2n) is 4.21. The van der Waals surface area contributed by atoms with E-state index in [1.54, 1.807) is 6.33 Å². The van der Waals surface area contributed by atoms with Crippen LogP contribution >= 0.6 is 0 Å². The summed E-state index contributed by atoms with van der Waals surface area (Å²) in [5.74, 6) is 0.935. The van der Waals surface area contributed by atoms with E-state index in [2.05, 4.69) is 40.5 Å². The van der Waals surface area contributed by atoms with E-state index in [0.717, 1.165) is 18.8 Å². The number of hydrogen-bond acceptors (Lipinski definition) is 4. The molecule has 0 aliphatic carbocycles. The van der Waals surface area contributed by atoms with Gasteiger partial charge in [-0.3, -0.25) is 4.68 Å². The van der Waals surface area contributed by atoms with Crippen LogP contribution in [0.25, 0.3) is 0 Å².